The Balaban J connectivity index is 3.04. The third kappa shape index (κ3) is 8.47. The molecule has 0 aromatic heterocycles. The van der Waals surface area contributed by atoms with E-state index in [1.54, 1.807) is 13.0 Å². The van der Waals surface area contributed by atoms with Gasteiger partial charge in [-0.25, -0.2) is 14.4 Å². The van der Waals surface area contributed by atoms with E-state index < -0.39 is 22.8 Å². The first kappa shape index (κ1) is 23.5. The van der Waals surface area contributed by atoms with Gasteiger partial charge in [0, 0.05) is 24.5 Å². The number of aliphatic imine (C=N–C) groups is 2. The number of aliphatic hydroxyl groups is 1. The standard InChI is InChI=1S/C19H27FN4O4/c1-6-13(2)23-17(15-12-14(20)8-9-16(15)24(26)27)21-10-7-11-22-18(25)28-19(3,4)5/h7-10,12,18,22,25H,6,11H2,1-5H3/b10-7+,21-17?,23-13?. The Labute approximate surface area is 164 Å². The van der Waals surface area contributed by atoms with Crippen LogP contribution in [0, 0.1) is 15.9 Å². The van der Waals surface area contributed by atoms with E-state index in [0.717, 1.165) is 18.2 Å². The summed E-state index contributed by atoms with van der Waals surface area (Å²) in [7, 11) is 0. The van der Waals surface area contributed by atoms with Crippen LogP contribution in [0.5, 0.6) is 0 Å². The van der Waals surface area contributed by atoms with Gasteiger partial charge >= 0.3 is 0 Å². The molecule has 1 aromatic rings. The Morgan fingerprint density at radius 3 is 2.71 bits per heavy atom. The minimum atomic E-state index is -1.15. The van der Waals surface area contributed by atoms with Crippen molar-refractivity contribution in [2.45, 2.75) is 53.1 Å². The zero-order valence-electron chi connectivity index (χ0n) is 16.8. The van der Waals surface area contributed by atoms with Gasteiger partial charge in [-0.2, -0.15) is 0 Å². The highest BCUT2D eigenvalue weighted by atomic mass is 19.1. The van der Waals surface area contributed by atoms with Gasteiger partial charge in [0.15, 0.2) is 5.84 Å². The lowest BCUT2D eigenvalue weighted by Crippen LogP contribution is -2.38. The zero-order chi connectivity index (χ0) is 21.3. The first-order valence-corrected chi connectivity index (χ1v) is 8.84. The number of nitro groups is 1. The van der Waals surface area contributed by atoms with Gasteiger partial charge < -0.3 is 9.84 Å². The van der Waals surface area contributed by atoms with Gasteiger partial charge in [0.2, 0.25) is 6.41 Å². The molecule has 0 aliphatic heterocycles. The quantitative estimate of drug-likeness (QED) is 0.230. The lowest BCUT2D eigenvalue weighted by Gasteiger charge is -2.23. The summed E-state index contributed by atoms with van der Waals surface area (Å²) < 4.78 is 19.0. The summed E-state index contributed by atoms with van der Waals surface area (Å²) in [6, 6.07) is 3.14. The van der Waals surface area contributed by atoms with Gasteiger partial charge in [0.1, 0.15) is 5.82 Å². The number of amidine groups is 1. The van der Waals surface area contributed by atoms with E-state index in [0.29, 0.717) is 12.1 Å². The Hall–Kier alpha value is -2.49. The Morgan fingerprint density at radius 2 is 2.14 bits per heavy atom. The van der Waals surface area contributed by atoms with Crippen LogP contribution in [0.2, 0.25) is 0 Å². The SMILES string of the molecule is CCC(C)=NC(=N/C=C/CNC(O)OC(C)(C)C)c1cc(F)ccc1[N+](=O)[O-]. The molecule has 154 valence electrons. The van der Waals surface area contributed by atoms with Crippen molar-refractivity contribution in [3.8, 4) is 0 Å². The van der Waals surface area contributed by atoms with Crippen molar-refractivity contribution in [3.63, 3.8) is 0 Å². The molecule has 8 nitrogen and oxygen atoms in total. The lowest BCUT2D eigenvalue weighted by molar-refractivity contribution is -0.385. The van der Waals surface area contributed by atoms with Crippen LogP contribution in [0.15, 0.2) is 40.5 Å². The second kappa shape index (κ2) is 10.7. The normalized spacial score (nSPS) is 14.5. The molecule has 0 spiro atoms. The summed E-state index contributed by atoms with van der Waals surface area (Å²) in [5.74, 6) is -0.584. The number of nitrogens with one attached hydrogen (secondary N) is 1. The molecule has 0 fully saturated rings. The largest absolute Gasteiger partial charge is 0.356 e. The van der Waals surface area contributed by atoms with Crippen LogP contribution in [0.1, 0.15) is 46.6 Å². The summed E-state index contributed by atoms with van der Waals surface area (Å²) in [6.45, 7) is 9.30. The first-order valence-electron chi connectivity index (χ1n) is 8.84. The van der Waals surface area contributed by atoms with Crippen molar-refractivity contribution in [2.75, 3.05) is 6.54 Å². The van der Waals surface area contributed by atoms with Crippen molar-refractivity contribution >= 4 is 17.2 Å². The van der Waals surface area contributed by atoms with E-state index in [2.05, 4.69) is 15.3 Å². The predicted molar refractivity (Wildman–Crippen MR) is 107 cm³/mol. The fraction of sp³-hybridized carbons (Fsp3) is 0.474. The fourth-order valence-electron chi connectivity index (χ4n) is 1.99. The molecule has 1 aromatic carbocycles. The van der Waals surface area contributed by atoms with E-state index in [1.807, 2.05) is 27.7 Å². The number of nitrogens with zero attached hydrogens (tertiary/aromatic N) is 3. The van der Waals surface area contributed by atoms with Crippen LogP contribution >= 0.6 is 0 Å². The maximum Gasteiger partial charge on any atom is 0.280 e. The number of rotatable bonds is 8. The fourth-order valence-corrected chi connectivity index (χ4v) is 1.99. The number of hydrogen-bond acceptors (Lipinski definition) is 6. The van der Waals surface area contributed by atoms with Gasteiger partial charge in [-0.1, -0.05) is 13.0 Å². The molecule has 0 aliphatic carbocycles. The van der Waals surface area contributed by atoms with E-state index in [4.69, 9.17) is 4.74 Å². The molecule has 0 radical (unpaired) electrons. The number of hydrogen-bond donors (Lipinski definition) is 2. The van der Waals surface area contributed by atoms with E-state index in [1.165, 1.54) is 6.20 Å². The average molecular weight is 394 g/mol. The third-order valence-electron chi connectivity index (χ3n) is 3.38. The molecule has 0 heterocycles. The molecule has 0 amide bonds. The maximum absolute atomic E-state index is 13.7. The second-order valence-electron chi connectivity index (χ2n) is 6.95. The molecule has 0 saturated carbocycles. The predicted octanol–water partition coefficient (Wildman–Crippen LogP) is 3.55. The van der Waals surface area contributed by atoms with Crippen LogP contribution in [-0.4, -0.2) is 40.1 Å². The summed E-state index contributed by atoms with van der Waals surface area (Å²) in [5.41, 5.74) is -0.109. The summed E-state index contributed by atoms with van der Waals surface area (Å²) in [4.78, 5) is 19.1. The molecular weight excluding hydrogens is 367 g/mol. The van der Waals surface area contributed by atoms with Crippen molar-refractivity contribution in [1.82, 2.24) is 5.32 Å². The number of ether oxygens (including phenoxy) is 1. The highest BCUT2D eigenvalue weighted by Crippen LogP contribution is 2.21. The molecular formula is C19H27FN4O4. The van der Waals surface area contributed by atoms with Crippen LogP contribution < -0.4 is 5.32 Å². The Morgan fingerprint density at radius 1 is 1.46 bits per heavy atom. The summed E-state index contributed by atoms with van der Waals surface area (Å²) in [5, 5.41) is 23.7. The van der Waals surface area contributed by atoms with Gasteiger partial charge in [-0.3, -0.25) is 15.4 Å². The lowest BCUT2D eigenvalue weighted by atomic mass is 10.1. The molecule has 28 heavy (non-hydrogen) atoms. The van der Waals surface area contributed by atoms with Crippen molar-refractivity contribution in [1.29, 1.82) is 0 Å². The van der Waals surface area contributed by atoms with Crippen LogP contribution in [-0.2, 0) is 4.74 Å². The molecule has 1 rings (SSSR count). The second-order valence-corrected chi connectivity index (χ2v) is 6.95. The first-order chi connectivity index (χ1) is 13.0. The maximum atomic E-state index is 13.7. The third-order valence-corrected chi connectivity index (χ3v) is 3.38. The molecule has 2 N–H and O–H groups in total. The minimum absolute atomic E-state index is 0.00786. The number of halogens is 1. The van der Waals surface area contributed by atoms with Crippen LogP contribution in [0.25, 0.3) is 0 Å². The Bertz CT molecular complexity index is 770. The van der Waals surface area contributed by atoms with Crippen molar-refractivity contribution < 1.29 is 19.2 Å². The highest BCUT2D eigenvalue weighted by molar-refractivity contribution is 6.09. The number of aliphatic hydroxyl groups excluding tert-OH is 1. The number of benzene rings is 1. The highest BCUT2D eigenvalue weighted by Gasteiger charge is 2.19. The van der Waals surface area contributed by atoms with Gasteiger partial charge in [-0.05, 0) is 46.2 Å². The van der Waals surface area contributed by atoms with E-state index >= 15 is 0 Å². The van der Waals surface area contributed by atoms with Gasteiger partial charge in [0.25, 0.3) is 5.69 Å². The monoisotopic (exact) mass is 394 g/mol. The average Bonchev–Trinajstić information content (AvgIpc) is 2.58. The molecule has 1 atom stereocenters. The molecule has 0 aliphatic rings. The Kier molecular flexibility index (Phi) is 9.04. The van der Waals surface area contributed by atoms with Crippen LogP contribution in [0.4, 0.5) is 10.1 Å². The van der Waals surface area contributed by atoms with Crippen molar-refractivity contribution in [2.24, 2.45) is 9.98 Å². The molecule has 0 bridgehead atoms. The van der Waals surface area contributed by atoms with E-state index in [9.17, 15) is 19.6 Å². The minimum Gasteiger partial charge on any atom is -0.356 e. The molecule has 0 saturated heterocycles. The zero-order valence-corrected chi connectivity index (χ0v) is 16.8. The van der Waals surface area contributed by atoms with Gasteiger partial charge in [0.05, 0.1) is 16.1 Å². The topological polar surface area (TPSA) is 109 Å². The van der Waals surface area contributed by atoms with Gasteiger partial charge in [-0.15, -0.1) is 0 Å². The molecule has 1 unspecified atom stereocenters. The smallest absolute Gasteiger partial charge is 0.280 e. The summed E-state index contributed by atoms with van der Waals surface area (Å²) >= 11 is 0. The van der Waals surface area contributed by atoms with Crippen molar-refractivity contribution in [3.05, 3.63) is 52.0 Å². The summed E-state index contributed by atoms with van der Waals surface area (Å²) in [6.07, 6.45) is 2.42. The van der Waals surface area contributed by atoms with E-state index in [-0.39, 0.29) is 23.6 Å². The number of nitro benzene ring substituents is 1. The molecule has 9 heteroatoms. The van der Waals surface area contributed by atoms with Crippen LogP contribution in [0.3, 0.4) is 0 Å².